The Morgan fingerprint density at radius 3 is 2.55 bits per heavy atom. The first-order chi connectivity index (χ1) is 10.5. The lowest BCUT2D eigenvalue weighted by Gasteiger charge is -2.22. The first-order valence-corrected chi connectivity index (χ1v) is 8.95. The van der Waals surface area contributed by atoms with Gasteiger partial charge in [-0.3, -0.25) is 0 Å². The molecule has 3 atom stereocenters. The molecule has 2 saturated carbocycles. The minimum Gasteiger partial charge on any atom is -0.192 e. The van der Waals surface area contributed by atoms with Gasteiger partial charge >= 0.3 is 6.18 Å². The average molecular weight is 327 g/mol. The second-order valence-corrected chi connectivity index (χ2v) is 8.24. The van der Waals surface area contributed by atoms with E-state index in [2.05, 4.69) is 0 Å². The number of allylic oxidation sites excluding steroid dienone is 3. The normalized spacial score (nSPS) is 32.4. The van der Waals surface area contributed by atoms with Crippen LogP contribution in [-0.4, -0.2) is 16.7 Å². The van der Waals surface area contributed by atoms with Crippen molar-refractivity contribution in [3.8, 4) is 6.07 Å². The Kier molecular flexibility index (Phi) is 4.59. The summed E-state index contributed by atoms with van der Waals surface area (Å²) in [5.41, 5.74) is -0.964. The molecule has 3 aliphatic rings. The summed E-state index contributed by atoms with van der Waals surface area (Å²) >= 11 is 1.68. The zero-order valence-electron chi connectivity index (χ0n) is 12.4. The first kappa shape index (κ1) is 16.0. The lowest BCUT2D eigenvalue weighted by Crippen LogP contribution is -2.19. The Morgan fingerprint density at radius 2 is 1.91 bits per heavy atom. The summed E-state index contributed by atoms with van der Waals surface area (Å²) in [6.45, 7) is 0. The van der Waals surface area contributed by atoms with Crippen molar-refractivity contribution in [3.63, 3.8) is 0 Å². The SMILES string of the molecule is N#CC1=CCC(SC2CCC(CC3CC3)C2)C=C1C(F)(F)F. The van der Waals surface area contributed by atoms with Crippen molar-refractivity contribution in [2.75, 3.05) is 0 Å². The van der Waals surface area contributed by atoms with Gasteiger partial charge in [-0.05, 0) is 43.9 Å². The minimum absolute atomic E-state index is 0.140. The predicted octanol–water partition coefficient (Wildman–Crippen LogP) is 5.40. The summed E-state index contributed by atoms with van der Waals surface area (Å²) in [7, 11) is 0. The molecule has 0 amide bonds. The average Bonchev–Trinajstić information content (AvgIpc) is 3.17. The van der Waals surface area contributed by atoms with Crippen LogP contribution in [0.1, 0.15) is 44.9 Å². The van der Waals surface area contributed by atoms with Gasteiger partial charge in [0.1, 0.15) is 0 Å². The van der Waals surface area contributed by atoms with Crippen molar-refractivity contribution in [1.82, 2.24) is 0 Å². The summed E-state index contributed by atoms with van der Waals surface area (Å²) in [6, 6.07) is 1.67. The van der Waals surface area contributed by atoms with Crippen LogP contribution in [0.3, 0.4) is 0 Å². The van der Waals surface area contributed by atoms with Gasteiger partial charge in [-0.15, -0.1) is 0 Å². The molecule has 3 aliphatic carbocycles. The number of nitrogens with zero attached hydrogens (tertiary/aromatic N) is 1. The van der Waals surface area contributed by atoms with E-state index in [0.717, 1.165) is 24.7 Å². The molecular formula is C17H20F3NS. The molecule has 22 heavy (non-hydrogen) atoms. The summed E-state index contributed by atoms with van der Waals surface area (Å²) in [6.07, 6.45) is 6.42. The fraction of sp³-hybridized carbons (Fsp3) is 0.706. The highest BCUT2D eigenvalue weighted by Crippen LogP contribution is 2.45. The molecule has 0 aromatic carbocycles. The Hall–Kier alpha value is -0.890. The maximum absolute atomic E-state index is 13.0. The third kappa shape index (κ3) is 3.90. The molecular weight excluding hydrogens is 307 g/mol. The predicted molar refractivity (Wildman–Crippen MR) is 82.3 cm³/mol. The van der Waals surface area contributed by atoms with Crippen LogP contribution in [0.5, 0.6) is 0 Å². The van der Waals surface area contributed by atoms with E-state index in [1.165, 1.54) is 37.8 Å². The van der Waals surface area contributed by atoms with Gasteiger partial charge in [0.15, 0.2) is 0 Å². The van der Waals surface area contributed by atoms with Gasteiger partial charge in [-0.1, -0.05) is 25.0 Å². The maximum atomic E-state index is 13.0. The fourth-order valence-corrected chi connectivity index (χ4v) is 5.15. The molecule has 3 unspecified atom stereocenters. The summed E-state index contributed by atoms with van der Waals surface area (Å²) < 4.78 is 39.0. The smallest absolute Gasteiger partial charge is 0.192 e. The van der Waals surface area contributed by atoms with Gasteiger partial charge < -0.3 is 0 Å². The van der Waals surface area contributed by atoms with Gasteiger partial charge in [-0.25, -0.2) is 0 Å². The van der Waals surface area contributed by atoms with E-state index in [-0.39, 0.29) is 10.8 Å². The standard InChI is InChI=1S/C17H20F3NS/c18-17(19,20)16-9-15(6-4-13(16)10-21)22-14-5-3-12(8-14)7-11-1-2-11/h4,9,11-12,14-15H,1-3,5-8H2. The van der Waals surface area contributed by atoms with Crippen molar-refractivity contribution < 1.29 is 13.2 Å². The van der Waals surface area contributed by atoms with Crippen LogP contribution >= 0.6 is 11.8 Å². The van der Waals surface area contributed by atoms with E-state index in [1.807, 2.05) is 0 Å². The van der Waals surface area contributed by atoms with E-state index < -0.39 is 11.7 Å². The van der Waals surface area contributed by atoms with Crippen molar-refractivity contribution in [3.05, 3.63) is 23.3 Å². The molecule has 5 heteroatoms. The monoisotopic (exact) mass is 327 g/mol. The van der Waals surface area contributed by atoms with E-state index in [9.17, 15) is 13.2 Å². The molecule has 120 valence electrons. The third-order valence-electron chi connectivity index (χ3n) is 4.85. The third-order valence-corrected chi connectivity index (χ3v) is 6.34. The number of hydrogen-bond donors (Lipinski definition) is 0. The quantitative estimate of drug-likeness (QED) is 0.690. The Morgan fingerprint density at radius 1 is 1.18 bits per heavy atom. The lowest BCUT2D eigenvalue weighted by molar-refractivity contribution is -0.0893. The van der Waals surface area contributed by atoms with E-state index in [1.54, 1.807) is 17.8 Å². The first-order valence-electron chi connectivity index (χ1n) is 8.01. The molecule has 0 saturated heterocycles. The minimum atomic E-state index is -4.43. The van der Waals surface area contributed by atoms with Crippen LogP contribution < -0.4 is 0 Å². The molecule has 0 radical (unpaired) electrons. The second kappa shape index (κ2) is 6.31. The van der Waals surface area contributed by atoms with E-state index in [4.69, 9.17) is 5.26 Å². The van der Waals surface area contributed by atoms with Crippen LogP contribution in [0, 0.1) is 23.2 Å². The molecule has 0 N–H and O–H groups in total. The number of hydrogen-bond acceptors (Lipinski definition) is 2. The topological polar surface area (TPSA) is 23.8 Å². The van der Waals surface area contributed by atoms with Crippen molar-refractivity contribution in [2.45, 2.75) is 61.6 Å². The molecule has 3 rings (SSSR count). The molecule has 0 bridgehead atoms. The van der Waals surface area contributed by atoms with Crippen LogP contribution in [0.25, 0.3) is 0 Å². The molecule has 0 spiro atoms. The van der Waals surface area contributed by atoms with Gasteiger partial charge in [0, 0.05) is 10.5 Å². The molecule has 1 nitrogen and oxygen atoms in total. The van der Waals surface area contributed by atoms with Crippen molar-refractivity contribution >= 4 is 11.8 Å². The summed E-state index contributed by atoms with van der Waals surface area (Å²) in [5, 5.41) is 9.20. The van der Waals surface area contributed by atoms with Gasteiger partial charge in [0.05, 0.1) is 17.2 Å². The highest BCUT2D eigenvalue weighted by molar-refractivity contribution is 8.00. The Balaban J connectivity index is 1.58. The number of halogens is 3. The zero-order chi connectivity index (χ0) is 15.7. The van der Waals surface area contributed by atoms with Crippen molar-refractivity contribution in [2.24, 2.45) is 11.8 Å². The summed E-state index contributed by atoms with van der Waals surface area (Å²) in [5.74, 6) is 1.71. The number of nitriles is 1. The number of alkyl halides is 3. The Bertz CT molecular complexity index is 525. The van der Waals surface area contributed by atoms with Crippen LogP contribution in [-0.2, 0) is 0 Å². The van der Waals surface area contributed by atoms with Crippen LogP contribution in [0.15, 0.2) is 23.3 Å². The largest absolute Gasteiger partial charge is 0.417 e. The summed E-state index contributed by atoms with van der Waals surface area (Å²) in [4.78, 5) is 0. The van der Waals surface area contributed by atoms with Crippen LogP contribution in [0.2, 0.25) is 0 Å². The van der Waals surface area contributed by atoms with Gasteiger partial charge in [0.2, 0.25) is 0 Å². The molecule has 0 aromatic heterocycles. The van der Waals surface area contributed by atoms with Crippen LogP contribution in [0.4, 0.5) is 13.2 Å². The number of thioether (sulfide) groups is 1. The molecule has 0 heterocycles. The molecule has 0 aliphatic heterocycles. The lowest BCUT2D eigenvalue weighted by atomic mass is 9.98. The number of rotatable bonds is 4. The fourth-order valence-electron chi connectivity index (χ4n) is 3.57. The zero-order valence-corrected chi connectivity index (χ0v) is 13.2. The maximum Gasteiger partial charge on any atom is 0.417 e. The highest BCUT2D eigenvalue weighted by atomic mass is 32.2. The molecule has 0 aromatic rings. The second-order valence-electron chi connectivity index (χ2n) is 6.70. The Labute approximate surface area is 133 Å². The highest BCUT2D eigenvalue weighted by Gasteiger charge is 2.39. The van der Waals surface area contributed by atoms with E-state index in [0.29, 0.717) is 11.7 Å². The van der Waals surface area contributed by atoms with E-state index >= 15 is 0 Å². The van der Waals surface area contributed by atoms with Gasteiger partial charge in [-0.2, -0.15) is 30.2 Å². The molecule has 2 fully saturated rings. The van der Waals surface area contributed by atoms with Gasteiger partial charge in [0.25, 0.3) is 0 Å². The van der Waals surface area contributed by atoms with Crippen molar-refractivity contribution in [1.29, 1.82) is 5.26 Å².